The molecule has 0 saturated carbocycles. The van der Waals surface area contributed by atoms with Crippen LogP contribution in [0.25, 0.3) is 5.65 Å². The molecule has 0 N–H and O–H groups in total. The van der Waals surface area contributed by atoms with E-state index in [2.05, 4.69) is 43.6 Å². The van der Waals surface area contributed by atoms with Gasteiger partial charge in [0.2, 0.25) is 0 Å². The monoisotopic (exact) mass is 442 g/mol. The van der Waals surface area contributed by atoms with E-state index < -0.39 is 18.4 Å². The van der Waals surface area contributed by atoms with Crippen molar-refractivity contribution in [2.24, 2.45) is 0 Å². The fraction of sp³-hybridized carbons (Fsp3) is 0.632. The molecule has 128 valence electrons. The maximum atomic E-state index is 6.29. The summed E-state index contributed by atoms with van der Waals surface area (Å²) in [5.41, 5.74) is 1.06. The van der Waals surface area contributed by atoms with Crippen molar-refractivity contribution in [3.05, 3.63) is 29.5 Å². The Balaban J connectivity index is 2.48. The second kappa shape index (κ2) is 9.31. The topological polar surface area (TPSA) is 17.3 Å². The second-order valence-electron chi connectivity index (χ2n) is 6.81. The first-order valence-electron chi connectivity index (χ1n) is 9.30. The van der Waals surface area contributed by atoms with Crippen molar-refractivity contribution in [1.29, 1.82) is 0 Å². The first-order valence-corrected chi connectivity index (χ1v) is 17.2. The molecule has 23 heavy (non-hydrogen) atoms. The number of unbranched alkanes of at least 4 members (excludes halogenated alkanes) is 3. The molecule has 0 aromatic carbocycles. The van der Waals surface area contributed by atoms with E-state index in [-0.39, 0.29) is 0 Å². The van der Waals surface area contributed by atoms with E-state index in [0.29, 0.717) is 0 Å². The predicted molar refractivity (Wildman–Crippen MR) is 105 cm³/mol. The van der Waals surface area contributed by atoms with Crippen molar-refractivity contribution in [2.75, 3.05) is 0 Å². The second-order valence-corrected chi connectivity index (χ2v) is 20.3. The average molecular weight is 442 g/mol. The third kappa shape index (κ3) is 4.66. The molecule has 2 aromatic heterocycles. The van der Waals surface area contributed by atoms with Gasteiger partial charge in [-0.15, -0.1) is 0 Å². The summed E-state index contributed by atoms with van der Waals surface area (Å²) in [4.78, 5) is 4.71. The van der Waals surface area contributed by atoms with Crippen LogP contribution < -0.4 is 3.71 Å². The molecule has 0 spiro atoms. The van der Waals surface area contributed by atoms with Gasteiger partial charge < -0.3 is 0 Å². The van der Waals surface area contributed by atoms with Crippen LogP contribution in [0.1, 0.15) is 59.3 Å². The Bertz CT molecular complexity index is 587. The van der Waals surface area contributed by atoms with Crippen LogP contribution in [-0.2, 0) is 0 Å². The molecular formula is C19H31ClN2Sn. The van der Waals surface area contributed by atoms with E-state index in [0.717, 1.165) is 10.7 Å². The summed E-state index contributed by atoms with van der Waals surface area (Å²) in [6, 6.07) is 4.01. The standard InChI is InChI=1S/C7H4ClN2.3C4H9.Sn/c8-6-1-2-7-9-3-4-10(7)5-6;3*1-3-4-2;/h1-3,5H;3*1,3-4H2,2H3;. The Morgan fingerprint density at radius 2 is 1.52 bits per heavy atom. The van der Waals surface area contributed by atoms with Crippen molar-refractivity contribution in [1.82, 2.24) is 9.38 Å². The van der Waals surface area contributed by atoms with E-state index in [4.69, 9.17) is 16.6 Å². The Morgan fingerprint density at radius 3 is 2.04 bits per heavy atom. The van der Waals surface area contributed by atoms with Gasteiger partial charge in [-0.1, -0.05) is 0 Å². The van der Waals surface area contributed by atoms with E-state index in [1.165, 1.54) is 51.8 Å². The van der Waals surface area contributed by atoms with Crippen molar-refractivity contribution < 1.29 is 0 Å². The first kappa shape index (κ1) is 19.1. The number of aromatic nitrogens is 2. The molecule has 2 aromatic rings. The molecule has 0 saturated heterocycles. The summed E-state index contributed by atoms with van der Waals surface area (Å²) in [5.74, 6) is 0. The van der Waals surface area contributed by atoms with Crippen LogP contribution in [0.3, 0.4) is 0 Å². The van der Waals surface area contributed by atoms with Crippen molar-refractivity contribution in [2.45, 2.75) is 72.6 Å². The van der Waals surface area contributed by atoms with E-state index >= 15 is 0 Å². The molecule has 0 aliphatic heterocycles. The van der Waals surface area contributed by atoms with Crippen LogP contribution in [0.15, 0.2) is 24.5 Å². The van der Waals surface area contributed by atoms with Crippen LogP contribution in [-0.4, -0.2) is 27.8 Å². The molecule has 0 aliphatic rings. The van der Waals surface area contributed by atoms with Gasteiger partial charge in [0.05, 0.1) is 0 Å². The molecule has 0 amide bonds. The van der Waals surface area contributed by atoms with Gasteiger partial charge in [-0.25, -0.2) is 0 Å². The average Bonchev–Trinajstić information content (AvgIpc) is 2.98. The van der Waals surface area contributed by atoms with E-state index in [9.17, 15) is 0 Å². The van der Waals surface area contributed by atoms with Crippen molar-refractivity contribution >= 4 is 39.3 Å². The summed E-state index contributed by atoms with van der Waals surface area (Å²) >= 11 is 3.85. The SMILES string of the molecule is CCC[CH2][Sn]([CH2]CCC)([CH2]CCC)[c]1cnc2ccc(Cl)cn12. The molecule has 0 radical (unpaired) electrons. The fourth-order valence-electron chi connectivity index (χ4n) is 3.65. The number of halogens is 1. The molecule has 2 rings (SSSR count). The zero-order valence-corrected chi connectivity index (χ0v) is 18.6. The number of nitrogens with zero attached hydrogens (tertiary/aromatic N) is 2. The van der Waals surface area contributed by atoms with Crippen LogP contribution in [0, 0.1) is 0 Å². The Morgan fingerprint density at radius 1 is 0.957 bits per heavy atom. The minimum atomic E-state index is -2.43. The van der Waals surface area contributed by atoms with Crippen molar-refractivity contribution in [3.63, 3.8) is 0 Å². The Kier molecular flexibility index (Phi) is 7.74. The number of rotatable bonds is 10. The van der Waals surface area contributed by atoms with Gasteiger partial charge in [-0.05, 0) is 0 Å². The molecule has 0 atom stereocenters. The van der Waals surface area contributed by atoms with Gasteiger partial charge in [0.25, 0.3) is 0 Å². The van der Waals surface area contributed by atoms with Crippen LogP contribution in [0.4, 0.5) is 0 Å². The first-order chi connectivity index (χ1) is 11.2. The van der Waals surface area contributed by atoms with Gasteiger partial charge in [0.1, 0.15) is 0 Å². The number of hydrogen-bond donors (Lipinski definition) is 0. The van der Waals surface area contributed by atoms with E-state index in [1.54, 1.807) is 3.71 Å². The zero-order valence-electron chi connectivity index (χ0n) is 14.9. The van der Waals surface area contributed by atoms with Gasteiger partial charge in [-0.2, -0.15) is 0 Å². The summed E-state index contributed by atoms with van der Waals surface area (Å²) in [5, 5.41) is 0.818. The molecule has 0 unspecified atom stereocenters. The molecule has 2 nitrogen and oxygen atoms in total. The van der Waals surface area contributed by atoms with E-state index in [1.807, 2.05) is 6.07 Å². The predicted octanol–water partition coefficient (Wildman–Crippen LogP) is 6.04. The normalized spacial score (nSPS) is 12.2. The molecule has 0 bridgehead atoms. The molecular weight excluding hydrogens is 410 g/mol. The molecule has 0 fully saturated rings. The quantitative estimate of drug-likeness (QED) is 0.411. The van der Waals surface area contributed by atoms with Gasteiger partial charge in [0.15, 0.2) is 0 Å². The molecule has 0 aliphatic carbocycles. The fourth-order valence-corrected chi connectivity index (χ4v) is 19.9. The third-order valence-electron chi connectivity index (χ3n) is 5.04. The molecule has 2 heterocycles. The van der Waals surface area contributed by atoms with Crippen LogP contribution >= 0.6 is 11.6 Å². The van der Waals surface area contributed by atoms with Crippen molar-refractivity contribution in [3.8, 4) is 0 Å². The van der Waals surface area contributed by atoms with Gasteiger partial charge in [-0.3, -0.25) is 0 Å². The molecule has 4 heteroatoms. The maximum absolute atomic E-state index is 6.29. The Labute approximate surface area is 150 Å². The number of imidazole rings is 1. The third-order valence-corrected chi connectivity index (χ3v) is 20.6. The zero-order chi connectivity index (χ0) is 16.7. The van der Waals surface area contributed by atoms with Gasteiger partial charge >= 0.3 is 151 Å². The summed E-state index contributed by atoms with van der Waals surface area (Å²) < 4.78 is 8.30. The minimum absolute atomic E-state index is 0.818. The summed E-state index contributed by atoms with van der Waals surface area (Å²) in [6.45, 7) is 6.96. The number of hydrogen-bond acceptors (Lipinski definition) is 1. The number of fused-ring (bicyclic) bond motifs is 1. The Hall–Kier alpha value is -0.221. The number of pyridine rings is 1. The van der Waals surface area contributed by atoms with Gasteiger partial charge in [0, 0.05) is 0 Å². The summed E-state index contributed by atoms with van der Waals surface area (Å²) in [6.07, 6.45) is 12.3. The summed E-state index contributed by atoms with van der Waals surface area (Å²) in [7, 11) is 0. The van der Waals surface area contributed by atoms with Crippen LogP contribution in [0.2, 0.25) is 18.3 Å². The van der Waals surface area contributed by atoms with Crippen LogP contribution in [0.5, 0.6) is 0 Å².